The Morgan fingerprint density at radius 3 is 0.512 bits per heavy atom. The Kier molecular flexibility index (Phi) is 15.7. The lowest BCUT2D eigenvalue weighted by atomic mass is 9.88. The van der Waals surface area contributed by atoms with Crippen LogP contribution in [-0.2, 0) is 51.4 Å². The van der Waals surface area contributed by atoms with E-state index in [0.29, 0.717) is 0 Å². The van der Waals surface area contributed by atoms with E-state index in [1.807, 2.05) is 99.1 Å². The Labute approximate surface area is 493 Å². The molecule has 0 aliphatic heterocycles. The molecule has 0 saturated carbocycles. The van der Waals surface area contributed by atoms with Gasteiger partial charge in [0.2, 0.25) is 0 Å². The molecule has 0 aliphatic carbocycles. The predicted molar refractivity (Wildman–Crippen MR) is 346 cm³/mol. The maximum atomic E-state index is 4.89. The summed E-state index contributed by atoms with van der Waals surface area (Å²) in [6, 6.07) is 31.4. The molecule has 4 aromatic carbocycles. The average Bonchev–Trinajstić information content (AvgIpc) is 1.02. The van der Waals surface area contributed by atoms with Gasteiger partial charge in [-0.1, -0.05) is 79.7 Å². The van der Waals surface area contributed by atoms with Crippen LogP contribution in [0.4, 0.5) is 68.2 Å². The molecule has 418 valence electrons. The van der Waals surface area contributed by atoms with E-state index in [-0.39, 0.29) is 0 Å². The second-order valence-corrected chi connectivity index (χ2v) is 21.1. The van der Waals surface area contributed by atoms with Gasteiger partial charge in [-0.15, -0.1) is 0 Å². The molecule has 0 aliphatic rings. The fourth-order valence-corrected chi connectivity index (χ4v) is 12.5. The van der Waals surface area contributed by atoms with Gasteiger partial charge in [0, 0.05) is 81.9 Å². The van der Waals surface area contributed by atoms with Crippen LogP contribution in [-0.4, -0.2) is 39.9 Å². The third kappa shape index (κ3) is 9.54. The van der Waals surface area contributed by atoms with Crippen LogP contribution in [0.25, 0.3) is 32.3 Å². The summed E-state index contributed by atoms with van der Waals surface area (Å²) in [5.74, 6) is 0. The summed E-state index contributed by atoms with van der Waals surface area (Å²) in [5, 5.41) is 6.43. The van der Waals surface area contributed by atoms with E-state index in [2.05, 4.69) is 160 Å². The van der Waals surface area contributed by atoms with Gasteiger partial charge < -0.3 is 19.6 Å². The molecule has 0 atom stereocenters. The summed E-state index contributed by atoms with van der Waals surface area (Å²) in [4.78, 5) is 48.9. The highest BCUT2D eigenvalue weighted by Gasteiger charge is 2.32. The second kappa shape index (κ2) is 24.0. The molecule has 12 aromatic rings. The van der Waals surface area contributed by atoms with Gasteiger partial charge in [-0.3, -0.25) is 39.9 Å². The highest BCUT2D eigenvalue weighted by Crippen LogP contribution is 2.56. The molecule has 8 heterocycles. The van der Waals surface area contributed by atoms with Crippen molar-refractivity contribution in [3.8, 4) is 0 Å². The van der Waals surface area contributed by atoms with E-state index in [1.54, 1.807) is 0 Å². The van der Waals surface area contributed by atoms with Gasteiger partial charge in [0.05, 0.1) is 118 Å². The van der Waals surface area contributed by atoms with Gasteiger partial charge in [0.25, 0.3) is 0 Å². The fraction of sp³-hybridized carbons (Fsp3) is 0.222. The molecule has 0 amide bonds. The van der Waals surface area contributed by atoms with Crippen molar-refractivity contribution >= 4 is 101 Å². The number of hydrogen-bond acceptors (Lipinski definition) is 12. The van der Waals surface area contributed by atoms with Crippen LogP contribution in [0.5, 0.6) is 0 Å². The zero-order valence-electron chi connectivity index (χ0n) is 49.3. The third-order valence-electron chi connectivity index (χ3n) is 16.9. The molecule has 0 saturated heterocycles. The molecule has 8 aromatic heterocycles. The van der Waals surface area contributed by atoms with E-state index >= 15 is 0 Å². The number of hydrogen-bond donors (Lipinski definition) is 0. The van der Waals surface area contributed by atoms with E-state index in [0.717, 1.165) is 196 Å². The van der Waals surface area contributed by atoms with Crippen molar-refractivity contribution < 1.29 is 0 Å². The van der Waals surface area contributed by atoms with Crippen LogP contribution in [0.1, 0.15) is 99.9 Å². The van der Waals surface area contributed by atoms with Crippen LogP contribution in [0.3, 0.4) is 0 Å². The number of rotatable bonds is 20. The van der Waals surface area contributed by atoms with Crippen LogP contribution < -0.4 is 19.6 Å². The molecule has 84 heavy (non-hydrogen) atoms. The number of nitrogens with zero attached hydrogens (tertiary/aromatic N) is 12. The van der Waals surface area contributed by atoms with Crippen molar-refractivity contribution in [1.82, 2.24) is 39.9 Å². The van der Waals surface area contributed by atoms with Crippen LogP contribution in [0, 0.1) is 0 Å². The Morgan fingerprint density at radius 1 is 0.214 bits per heavy atom. The van der Waals surface area contributed by atoms with E-state index in [9.17, 15) is 0 Å². The number of anilines is 12. The zero-order valence-corrected chi connectivity index (χ0v) is 49.3. The largest absolute Gasteiger partial charge is 0.306 e. The van der Waals surface area contributed by atoms with Gasteiger partial charge in [-0.05, 0) is 157 Å². The maximum absolute atomic E-state index is 4.89. The summed E-state index contributed by atoms with van der Waals surface area (Å²) in [6.45, 7) is 17.8. The first-order chi connectivity index (χ1) is 41.4. The molecular formula is C72H70N12. The quantitative estimate of drug-likeness (QED) is 0.0677. The third-order valence-corrected chi connectivity index (χ3v) is 16.9. The van der Waals surface area contributed by atoms with Gasteiger partial charge in [-0.2, -0.15) is 0 Å². The first-order valence-corrected chi connectivity index (χ1v) is 29.8. The SMILES string of the molecule is CCc1ccncc1N(c1cnccc1CC)c1cc(N(c2cnccc2CC)c2cnccc2CC)c2ccc3c(N(c4cnccc4CC)c4cnccc4CC)cc(N(c4cnccc4CC)c4cnccc4CC)c4ccc1c2c43. The average molecular weight is 1100 g/mol. The molecule has 12 rings (SSSR count). The topological polar surface area (TPSA) is 116 Å². The van der Waals surface area contributed by atoms with Gasteiger partial charge >= 0.3 is 0 Å². The fourth-order valence-electron chi connectivity index (χ4n) is 12.5. The van der Waals surface area contributed by atoms with Gasteiger partial charge in [-0.25, -0.2) is 0 Å². The molecule has 0 bridgehead atoms. The normalized spacial score (nSPS) is 11.5. The summed E-state index contributed by atoms with van der Waals surface area (Å²) >= 11 is 0. The van der Waals surface area contributed by atoms with E-state index in [4.69, 9.17) is 39.9 Å². The Bertz CT molecular complexity index is 3600. The minimum absolute atomic E-state index is 0.786. The lowest BCUT2D eigenvalue weighted by Gasteiger charge is -2.36. The van der Waals surface area contributed by atoms with Crippen molar-refractivity contribution in [3.05, 3.63) is 229 Å². The lowest BCUT2D eigenvalue weighted by Crippen LogP contribution is -2.19. The van der Waals surface area contributed by atoms with Crippen molar-refractivity contribution in [2.24, 2.45) is 0 Å². The number of aromatic nitrogens is 8. The summed E-state index contributed by atoms with van der Waals surface area (Å²) in [6.07, 6.45) is 37.7. The van der Waals surface area contributed by atoms with Crippen LogP contribution >= 0.6 is 0 Å². The zero-order chi connectivity index (χ0) is 57.8. The second-order valence-electron chi connectivity index (χ2n) is 21.1. The number of aryl methyl sites for hydroxylation is 8. The molecule has 12 heteroatoms. The summed E-state index contributed by atoms with van der Waals surface area (Å²) < 4.78 is 0. The van der Waals surface area contributed by atoms with Crippen molar-refractivity contribution in [3.63, 3.8) is 0 Å². The standard InChI is InChI=1S/C72H70N12/c1-9-47-21-29-73-39-63(47)81(64-40-74-30-22-48(64)10-2)59-37-60(82(65-41-75-31-23-49(65)11-3)66-42-76-32-24-50(66)12-4)56-19-20-58-62(84(69-45-79-35-27-53(69)15-7)70-46-80-36-28-54(70)16-8)38-61(57-18-17-55(59)71(56)72(57)58)83(67-43-77-33-25-51(67)13-5)68-44-78-34-26-52(68)14-6/h17-46H,9-16H2,1-8H3. The molecule has 0 N–H and O–H groups in total. The Morgan fingerprint density at radius 2 is 0.369 bits per heavy atom. The molecule has 0 spiro atoms. The van der Waals surface area contributed by atoms with Gasteiger partial charge in [0.1, 0.15) is 0 Å². The van der Waals surface area contributed by atoms with E-state index < -0.39 is 0 Å². The highest BCUT2D eigenvalue weighted by atomic mass is 15.2. The number of pyridine rings is 8. The molecule has 0 radical (unpaired) electrons. The van der Waals surface area contributed by atoms with E-state index in [1.165, 1.54) is 0 Å². The Balaban J connectivity index is 1.36. The molecular weight excluding hydrogens is 1030 g/mol. The van der Waals surface area contributed by atoms with Crippen molar-refractivity contribution in [1.29, 1.82) is 0 Å². The van der Waals surface area contributed by atoms with Crippen molar-refractivity contribution in [2.75, 3.05) is 19.6 Å². The monoisotopic (exact) mass is 1100 g/mol. The highest BCUT2D eigenvalue weighted by molar-refractivity contribution is 6.33. The summed E-state index contributed by atoms with van der Waals surface area (Å²) in [7, 11) is 0. The first-order valence-electron chi connectivity index (χ1n) is 29.8. The molecule has 12 nitrogen and oxygen atoms in total. The predicted octanol–water partition coefficient (Wildman–Crippen LogP) is 18.1. The lowest BCUT2D eigenvalue weighted by molar-refractivity contribution is 1.05. The smallest absolute Gasteiger partial charge is 0.0677 e. The van der Waals surface area contributed by atoms with Gasteiger partial charge in [0.15, 0.2) is 0 Å². The molecule has 0 fully saturated rings. The molecule has 0 unspecified atom stereocenters. The Hall–Kier alpha value is -9.68. The van der Waals surface area contributed by atoms with Crippen LogP contribution in [0.15, 0.2) is 184 Å². The van der Waals surface area contributed by atoms with Crippen LogP contribution in [0.2, 0.25) is 0 Å². The summed E-state index contributed by atoms with van der Waals surface area (Å²) in [5.41, 5.74) is 21.1. The van der Waals surface area contributed by atoms with Crippen molar-refractivity contribution in [2.45, 2.75) is 107 Å². The first kappa shape index (κ1) is 54.9. The minimum atomic E-state index is 0.786. The maximum Gasteiger partial charge on any atom is 0.0677 e. The number of benzene rings is 4. The minimum Gasteiger partial charge on any atom is -0.306 e.